The molecule has 0 spiro atoms. The lowest BCUT2D eigenvalue weighted by Gasteiger charge is -2.17. The Bertz CT molecular complexity index is 1150. The standard InChI is InChI=1S/C20H18FN3O/c1-12(2)24-18-13(3)5-4-6-16(18)23-11-22-17(19(23)20(24)25)14-7-9-15(21)10-8-14/h4-12H,1-3H3. The van der Waals surface area contributed by atoms with E-state index in [0.717, 1.165) is 22.2 Å². The van der Waals surface area contributed by atoms with E-state index in [2.05, 4.69) is 4.98 Å². The van der Waals surface area contributed by atoms with Gasteiger partial charge in [0.2, 0.25) is 0 Å². The number of para-hydroxylation sites is 1. The van der Waals surface area contributed by atoms with E-state index < -0.39 is 0 Å². The molecule has 2 aromatic heterocycles. The molecular weight excluding hydrogens is 317 g/mol. The molecule has 5 heteroatoms. The van der Waals surface area contributed by atoms with Crippen molar-refractivity contribution < 1.29 is 4.39 Å². The predicted molar refractivity (Wildman–Crippen MR) is 97.5 cm³/mol. The van der Waals surface area contributed by atoms with Crippen LogP contribution in [-0.4, -0.2) is 14.0 Å². The van der Waals surface area contributed by atoms with Gasteiger partial charge in [0.25, 0.3) is 5.56 Å². The molecule has 4 nitrogen and oxygen atoms in total. The third-order valence-corrected chi connectivity index (χ3v) is 4.54. The Morgan fingerprint density at radius 1 is 1.04 bits per heavy atom. The maximum atomic E-state index is 13.3. The van der Waals surface area contributed by atoms with Gasteiger partial charge >= 0.3 is 0 Å². The van der Waals surface area contributed by atoms with Crippen LogP contribution >= 0.6 is 0 Å². The van der Waals surface area contributed by atoms with Crippen molar-refractivity contribution in [2.24, 2.45) is 0 Å². The first-order valence-electron chi connectivity index (χ1n) is 8.26. The molecule has 0 bridgehead atoms. The summed E-state index contributed by atoms with van der Waals surface area (Å²) in [4.78, 5) is 17.7. The van der Waals surface area contributed by atoms with Gasteiger partial charge in [-0.2, -0.15) is 0 Å². The number of aromatic nitrogens is 3. The van der Waals surface area contributed by atoms with Crippen LogP contribution in [0.1, 0.15) is 25.5 Å². The molecule has 126 valence electrons. The molecule has 0 unspecified atom stereocenters. The number of nitrogens with zero attached hydrogens (tertiary/aromatic N) is 3. The van der Waals surface area contributed by atoms with E-state index in [1.54, 1.807) is 18.5 Å². The van der Waals surface area contributed by atoms with Gasteiger partial charge in [-0.05, 0) is 56.7 Å². The van der Waals surface area contributed by atoms with Crippen LogP contribution in [0.5, 0.6) is 0 Å². The minimum atomic E-state index is -0.312. The number of benzene rings is 2. The highest BCUT2D eigenvalue weighted by Crippen LogP contribution is 2.27. The van der Waals surface area contributed by atoms with Gasteiger partial charge in [-0.1, -0.05) is 12.1 Å². The van der Waals surface area contributed by atoms with Crippen molar-refractivity contribution in [3.63, 3.8) is 0 Å². The summed E-state index contributed by atoms with van der Waals surface area (Å²) in [6.45, 7) is 6.00. The Kier molecular flexibility index (Phi) is 3.46. The van der Waals surface area contributed by atoms with Gasteiger partial charge in [-0.3, -0.25) is 9.20 Å². The zero-order valence-electron chi connectivity index (χ0n) is 14.3. The van der Waals surface area contributed by atoms with Gasteiger partial charge in [0, 0.05) is 11.6 Å². The first kappa shape index (κ1) is 15.6. The lowest BCUT2D eigenvalue weighted by atomic mass is 10.1. The average molecular weight is 335 g/mol. The first-order valence-corrected chi connectivity index (χ1v) is 8.26. The van der Waals surface area contributed by atoms with Crippen molar-refractivity contribution in [3.8, 4) is 11.3 Å². The highest BCUT2D eigenvalue weighted by atomic mass is 19.1. The van der Waals surface area contributed by atoms with Gasteiger partial charge in [-0.25, -0.2) is 9.37 Å². The zero-order valence-corrected chi connectivity index (χ0v) is 14.3. The van der Waals surface area contributed by atoms with Crippen molar-refractivity contribution >= 4 is 16.6 Å². The fourth-order valence-corrected chi connectivity index (χ4v) is 3.41. The second-order valence-corrected chi connectivity index (χ2v) is 6.53. The summed E-state index contributed by atoms with van der Waals surface area (Å²) >= 11 is 0. The largest absolute Gasteiger partial charge is 0.302 e. The Balaban J connectivity index is 2.19. The van der Waals surface area contributed by atoms with Crippen molar-refractivity contribution in [3.05, 3.63) is 70.5 Å². The van der Waals surface area contributed by atoms with E-state index in [4.69, 9.17) is 0 Å². The Labute approximate surface area is 144 Å². The van der Waals surface area contributed by atoms with Crippen molar-refractivity contribution in [2.45, 2.75) is 26.8 Å². The van der Waals surface area contributed by atoms with Crippen LogP contribution in [0.25, 0.3) is 27.8 Å². The van der Waals surface area contributed by atoms with E-state index >= 15 is 0 Å². The first-order chi connectivity index (χ1) is 12.0. The topological polar surface area (TPSA) is 39.3 Å². The predicted octanol–water partition coefficient (Wildman–Crippen LogP) is 4.34. The minimum Gasteiger partial charge on any atom is -0.302 e. The summed E-state index contributed by atoms with van der Waals surface area (Å²) in [6.07, 6.45) is 1.67. The lowest BCUT2D eigenvalue weighted by molar-refractivity contribution is 0.600. The molecule has 4 aromatic rings. The SMILES string of the molecule is Cc1cccc2c1n(C(C)C)c(=O)c1c(-c3ccc(F)cc3)ncn12. The van der Waals surface area contributed by atoms with Crippen LogP contribution in [-0.2, 0) is 0 Å². The number of aryl methyl sites for hydroxylation is 1. The minimum absolute atomic E-state index is 0.0112. The van der Waals surface area contributed by atoms with Crippen molar-refractivity contribution in [1.29, 1.82) is 0 Å². The van der Waals surface area contributed by atoms with Crippen LogP contribution in [0, 0.1) is 12.7 Å². The normalized spacial score (nSPS) is 11.7. The molecule has 25 heavy (non-hydrogen) atoms. The second kappa shape index (κ2) is 5.55. The molecule has 2 heterocycles. The van der Waals surface area contributed by atoms with Crippen LogP contribution in [0.3, 0.4) is 0 Å². The van der Waals surface area contributed by atoms with E-state index in [1.165, 1.54) is 12.1 Å². The summed E-state index contributed by atoms with van der Waals surface area (Å²) in [7, 11) is 0. The summed E-state index contributed by atoms with van der Waals surface area (Å²) < 4.78 is 16.9. The Hall–Kier alpha value is -2.95. The average Bonchev–Trinajstić information content (AvgIpc) is 3.02. The molecule has 0 radical (unpaired) electrons. The van der Waals surface area contributed by atoms with Gasteiger partial charge in [0.05, 0.1) is 11.0 Å². The van der Waals surface area contributed by atoms with Crippen LogP contribution in [0.15, 0.2) is 53.6 Å². The molecule has 0 amide bonds. The van der Waals surface area contributed by atoms with Crippen molar-refractivity contribution in [2.75, 3.05) is 0 Å². The summed E-state index contributed by atoms with van der Waals surface area (Å²) in [6, 6.07) is 12.0. The van der Waals surface area contributed by atoms with E-state index in [0.29, 0.717) is 11.2 Å². The molecule has 0 atom stereocenters. The molecule has 0 saturated carbocycles. The molecular formula is C20H18FN3O. The monoisotopic (exact) mass is 335 g/mol. The second-order valence-electron chi connectivity index (χ2n) is 6.53. The molecule has 0 fully saturated rings. The fraction of sp³-hybridized carbons (Fsp3) is 0.200. The van der Waals surface area contributed by atoms with Gasteiger partial charge in [0.15, 0.2) is 0 Å². The number of imidazole rings is 1. The van der Waals surface area contributed by atoms with Gasteiger partial charge in [-0.15, -0.1) is 0 Å². The van der Waals surface area contributed by atoms with E-state index in [1.807, 2.05) is 47.9 Å². The van der Waals surface area contributed by atoms with E-state index in [9.17, 15) is 9.18 Å². The summed E-state index contributed by atoms with van der Waals surface area (Å²) in [5.74, 6) is -0.312. The summed E-state index contributed by atoms with van der Waals surface area (Å²) in [5.41, 5.74) is 4.61. The molecule has 0 aliphatic rings. The van der Waals surface area contributed by atoms with Gasteiger partial charge < -0.3 is 4.57 Å². The maximum absolute atomic E-state index is 13.3. The number of rotatable bonds is 2. The quantitative estimate of drug-likeness (QED) is 0.546. The van der Waals surface area contributed by atoms with Crippen LogP contribution in [0.4, 0.5) is 4.39 Å². The number of halogens is 1. The molecule has 0 N–H and O–H groups in total. The molecule has 0 saturated heterocycles. The van der Waals surface area contributed by atoms with E-state index in [-0.39, 0.29) is 17.4 Å². The molecule has 4 rings (SSSR count). The molecule has 0 aliphatic carbocycles. The zero-order chi connectivity index (χ0) is 17.7. The van der Waals surface area contributed by atoms with Gasteiger partial charge in [0.1, 0.15) is 23.4 Å². The Morgan fingerprint density at radius 2 is 1.76 bits per heavy atom. The molecule has 2 aromatic carbocycles. The number of hydrogen-bond donors (Lipinski definition) is 0. The third kappa shape index (κ3) is 2.27. The fourth-order valence-electron chi connectivity index (χ4n) is 3.41. The molecule has 0 aliphatic heterocycles. The number of hydrogen-bond acceptors (Lipinski definition) is 2. The highest BCUT2D eigenvalue weighted by molar-refractivity contribution is 5.86. The lowest BCUT2D eigenvalue weighted by Crippen LogP contribution is -2.25. The highest BCUT2D eigenvalue weighted by Gasteiger charge is 2.19. The maximum Gasteiger partial charge on any atom is 0.277 e. The summed E-state index contributed by atoms with van der Waals surface area (Å²) in [5, 5.41) is 0. The van der Waals surface area contributed by atoms with Crippen molar-refractivity contribution in [1.82, 2.24) is 14.0 Å². The number of fused-ring (bicyclic) bond motifs is 3. The Morgan fingerprint density at radius 3 is 2.44 bits per heavy atom. The third-order valence-electron chi connectivity index (χ3n) is 4.54. The van der Waals surface area contributed by atoms with Crippen LogP contribution < -0.4 is 5.56 Å². The smallest absolute Gasteiger partial charge is 0.277 e. The van der Waals surface area contributed by atoms with Crippen LogP contribution in [0.2, 0.25) is 0 Å².